The molecule has 1 unspecified atom stereocenters. The third-order valence-electron chi connectivity index (χ3n) is 4.79. The number of piperazine rings is 1. The molecule has 0 saturated carbocycles. The molecule has 2 aromatic heterocycles. The molecule has 150 valence electrons. The van der Waals surface area contributed by atoms with Crippen molar-refractivity contribution < 1.29 is 4.79 Å². The Morgan fingerprint density at radius 1 is 1.14 bits per heavy atom. The van der Waals surface area contributed by atoms with Gasteiger partial charge < -0.3 is 20.0 Å². The highest BCUT2D eigenvalue weighted by molar-refractivity contribution is 5.90. The van der Waals surface area contributed by atoms with Crippen LogP contribution in [0.4, 0.5) is 11.6 Å². The Bertz CT molecular complexity index is 813. The molecule has 0 aliphatic carbocycles. The van der Waals surface area contributed by atoms with E-state index in [-0.39, 0.29) is 24.8 Å². The van der Waals surface area contributed by atoms with Gasteiger partial charge in [0, 0.05) is 62.0 Å². The summed E-state index contributed by atoms with van der Waals surface area (Å²) in [5.74, 6) is 1.55. The maximum atomic E-state index is 11.8. The van der Waals surface area contributed by atoms with Crippen molar-refractivity contribution >= 4 is 48.3 Å². The van der Waals surface area contributed by atoms with Gasteiger partial charge in [0.1, 0.15) is 24.5 Å². The molecule has 1 saturated heterocycles. The average molecular weight is 424 g/mol. The standard InChI is InChI=1S/C18H21N7O.2ClH/c1-23-5-7-24(8-6-23)17-9-18(21-13-20-17)25-16(12-26)15(11-22-25)14-3-2-4-19-10-14;;/h2-4,9-13,16,22H,5-8H2,1H3;2*1H. The van der Waals surface area contributed by atoms with Crippen molar-refractivity contribution in [3.05, 3.63) is 48.7 Å². The number of rotatable bonds is 4. The fourth-order valence-electron chi connectivity index (χ4n) is 3.25. The third-order valence-corrected chi connectivity index (χ3v) is 4.79. The molecule has 0 radical (unpaired) electrons. The summed E-state index contributed by atoms with van der Waals surface area (Å²) >= 11 is 0. The van der Waals surface area contributed by atoms with E-state index in [0.29, 0.717) is 5.82 Å². The van der Waals surface area contributed by atoms with Crippen LogP contribution >= 0.6 is 24.8 Å². The first kappa shape index (κ1) is 21.9. The number of aromatic nitrogens is 3. The smallest absolute Gasteiger partial charge is 0.153 e. The molecule has 0 bridgehead atoms. The van der Waals surface area contributed by atoms with Crippen LogP contribution in [0.1, 0.15) is 5.56 Å². The number of carbonyl (C=O) groups excluding carboxylic acids is 1. The Morgan fingerprint density at radius 2 is 1.89 bits per heavy atom. The molecule has 0 spiro atoms. The molecule has 0 aromatic carbocycles. The van der Waals surface area contributed by atoms with E-state index in [1.54, 1.807) is 23.7 Å². The number of hydrazine groups is 1. The van der Waals surface area contributed by atoms with E-state index in [9.17, 15) is 4.79 Å². The minimum absolute atomic E-state index is 0. The van der Waals surface area contributed by atoms with E-state index < -0.39 is 6.04 Å². The summed E-state index contributed by atoms with van der Waals surface area (Å²) < 4.78 is 0. The molecule has 1 fully saturated rings. The Morgan fingerprint density at radius 3 is 2.57 bits per heavy atom. The van der Waals surface area contributed by atoms with Gasteiger partial charge in [0.25, 0.3) is 0 Å². The monoisotopic (exact) mass is 423 g/mol. The number of anilines is 2. The second-order valence-electron chi connectivity index (χ2n) is 6.45. The SMILES string of the molecule is CN1CCN(c2cc(N3NC=C(c4cccnc4)C3C=O)ncn2)CC1.Cl.Cl. The van der Waals surface area contributed by atoms with Gasteiger partial charge in [-0.15, -0.1) is 24.8 Å². The van der Waals surface area contributed by atoms with Gasteiger partial charge in [-0.1, -0.05) is 6.07 Å². The van der Waals surface area contributed by atoms with Crippen LogP contribution in [-0.2, 0) is 4.79 Å². The highest BCUT2D eigenvalue weighted by Gasteiger charge is 2.30. The van der Waals surface area contributed by atoms with E-state index in [4.69, 9.17) is 0 Å². The molecule has 4 heterocycles. The molecule has 28 heavy (non-hydrogen) atoms. The van der Waals surface area contributed by atoms with Gasteiger partial charge >= 0.3 is 0 Å². The lowest BCUT2D eigenvalue weighted by molar-refractivity contribution is -0.107. The normalized spacial score (nSPS) is 19.2. The zero-order valence-electron chi connectivity index (χ0n) is 15.4. The first-order valence-electron chi connectivity index (χ1n) is 8.63. The predicted molar refractivity (Wildman–Crippen MR) is 114 cm³/mol. The fraction of sp³-hybridized carbons (Fsp3) is 0.333. The zero-order valence-corrected chi connectivity index (χ0v) is 17.1. The molecule has 2 aliphatic rings. The summed E-state index contributed by atoms with van der Waals surface area (Å²) in [5, 5.41) is 1.76. The number of hydrogen-bond donors (Lipinski definition) is 1. The lowest BCUT2D eigenvalue weighted by Crippen LogP contribution is -2.45. The van der Waals surface area contributed by atoms with E-state index in [1.807, 2.05) is 24.4 Å². The molecule has 1 N–H and O–H groups in total. The second-order valence-corrected chi connectivity index (χ2v) is 6.45. The average Bonchev–Trinajstić information content (AvgIpc) is 3.13. The van der Waals surface area contributed by atoms with Crippen LogP contribution in [0, 0.1) is 0 Å². The molecule has 10 heteroatoms. The number of aldehydes is 1. The van der Waals surface area contributed by atoms with Gasteiger partial charge in [0.2, 0.25) is 0 Å². The zero-order chi connectivity index (χ0) is 17.9. The van der Waals surface area contributed by atoms with E-state index in [0.717, 1.165) is 49.4 Å². The maximum absolute atomic E-state index is 11.8. The minimum Gasteiger partial charge on any atom is -0.354 e. The highest BCUT2D eigenvalue weighted by Crippen LogP contribution is 2.28. The van der Waals surface area contributed by atoms with E-state index >= 15 is 0 Å². The summed E-state index contributed by atoms with van der Waals surface area (Å²) in [7, 11) is 2.12. The van der Waals surface area contributed by atoms with Gasteiger partial charge in [0.05, 0.1) is 0 Å². The molecule has 0 amide bonds. The number of nitrogens with one attached hydrogen (secondary N) is 1. The van der Waals surface area contributed by atoms with Crippen molar-refractivity contribution in [3.63, 3.8) is 0 Å². The largest absolute Gasteiger partial charge is 0.354 e. The number of pyridine rings is 1. The van der Waals surface area contributed by atoms with Gasteiger partial charge in [-0.05, 0) is 13.1 Å². The number of carbonyl (C=O) groups is 1. The first-order chi connectivity index (χ1) is 12.8. The van der Waals surface area contributed by atoms with Crippen LogP contribution in [0.3, 0.4) is 0 Å². The first-order valence-corrected chi connectivity index (χ1v) is 8.63. The van der Waals surface area contributed by atoms with Crippen LogP contribution < -0.4 is 15.3 Å². The summed E-state index contributed by atoms with van der Waals surface area (Å²) in [6, 6.07) is 5.26. The van der Waals surface area contributed by atoms with Crippen molar-refractivity contribution in [2.75, 3.05) is 43.1 Å². The van der Waals surface area contributed by atoms with E-state index in [2.05, 4.69) is 37.2 Å². The summed E-state index contributed by atoms with van der Waals surface area (Å²) in [5.41, 5.74) is 4.93. The topological polar surface area (TPSA) is 77.5 Å². The molecule has 4 rings (SSSR count). The third kappa shape index (κ3) is 4.35. The number of nitrogens with zero attached hydrogens (tertiary/aromatic N) is 6. The minimum atomic E-state index is -0.463. The predicted octanol–water partition coefficient (Wildman–Crippen LogP) is 1.40. The van der Waals surface area contributed by atoms with Gasteiger partial charge in [-0.3, -0.25) is 9.99 Å². The molecular weight excluding hydrogens is 401 g/mol. The van der Waals surface area contributed by atoms with Gasteiger partial charge in [-0.2, -0.15) is 0 Å². The number of hydrogen-bond acceptors (Lipinski definition) is 8. The van der Waals surface area contributed by atoms with Gasteiger partial charge in [-0.25, -0.2) is 9.97 Å². The number of likely N-dealkylation sites (N-methyl/N-ethyl adjacent to an activating group) is 1. The Balaban J connectivity index is 0.00000140. The quantitative estimate of drug-likeness (QED) is 0.739. The molecule has 2 aliphatic heterocycles. The Kier molecular flexibility index (Phi) is 7.56. The number of halogens is 2. The van der Waals surface area contributed by atoms with Crippen molar-refractivity contribution in [2.24, 2.45) is 0 Å². The molecule has 1 atom stereocenters. The molecular formula is C18H23Cl2N7O. The van der Waals surface area contributed by atoms with Crippen LogP contribution in [0.15, 0.2) is 43.1 Å². The second kappa shape index (κ2) is 9.68. The highest BCUT2D eigenvalue weighted by atomic mass is 35.5. The summed E-state index contributed by atoms with van der Waals surface area (Å²) in [6.07, 6.45) is 7.76. The van der Waals surface area contributed by atoms with Crippen LogP contribution in [-0.4, -0.2) is 65.4 Å². The molecule has 2 aromatic rings. The summed E-state index contributed by atoms with van der Waals surface area (Å²) in [6.45, 7) is 3.86. The fourth-order valence-corrected chi connectivity index (χ4v) is 3.25. The molecule has 8 nitrogen and oxygen atoms in total. The van der Waals surface area contributed by atoms with Crippen molar-refractivity contribution in [1.82, 2.24) is 25.3 Å². The van der Waals surface area contributed by atoms with Crippen LogP contribution in [0.5, 0.6) is 0 Å². The van der Waals surface area contributed by atoms with Crippen molar-refractivity contribution in [2.45, 2.75) is 6.04 Å². The Hall–Kier alpha value is -2.42. The van der Waals surface area contributed by atoms with E-state index in [1.165, 1.54) is 0 Å². The summed E-state index contributed by atoms with van der Waals surface area (Å²) in [4.78, 5) is 29.3. The Labute approximate surface area is 176 Å². The van der Waals surface area contributed by atoms with Gasteiger partial charge in [0.15, 0.2) is 5.82 Å². The lowest BCUT2D eigenvalue weighted by atomic mass is 10.0. The van der Waals surface area contributed by atoms with Crippen molar-refractivity contribution in [3.8, 4) is 0 Å². The van der Waals surface area contributed by atoms with Crippen molar-refractivity contribution in [1.29, 1.82) is 0 Å². The lowest BCUT2D eigenvalue weighted by Gasteiger charge is -2.33. The van der Waals surface area contributed by atoms with Crippen LogP contribution in [0.25, 0.3) is 5.57 Å². The maximum Gasteiger partial charge on any atom is 0.153 e. The van der Waals surface area contributed by atoms with Crippen LogP contribution in [0.2, 0.25) is 0 Å².